The van der Waals surface area contributed by atoms with Crippen LogP contribution in [0.3, 0.4) is 0 Å². The van der Waals surface area contributed by atoms with Crippen LogP contribution in [0.2, 0.25) is 5.02 Å². The number of carbonyl (C=O) groups excluding carboxylic acids is 1. The summed E-state index contributed by atoms with van der Waals surface area (Å²) in [5, 5.41) is 5.41. The second kappa shape index (κ2) is 8.80. The molecule has 0 atom stereocenters. The normalized spacial score (nSPS) is 14.9. The highest BCUT2D eigenvalue weighted by molar-refractivity contribution is 6.30. The van der Waals surface area contributed by atoms with E-state index in [9.17, 15) is 4.79 Å². The Balaban J connectivity index is 1.65. The van der Waals surface area contributed by atoms with Crippen molar-refractivity contribution in [2.75, 3.05) is 20.2 Å². The first kappa shape index (κ1) is 19.7. The Morgan fingerprint density at radius 2 is 1.79 bits per heavy atom. The summed E-state index contributed by atoms with van der Waals surface area (Å²) in [7, 11) is 1.73. The molecule has 5 nitrogen and oxygen atoms in total. The van der Waals surface area contributed by atoms with Gasteiger partial charge in [0, 0.05) is 37.0 Å². The fourth-order valence-electron chi connectivity index (χ4n) is 3.72. The van der Waals surface area contributed by atoms with Crippen molar-refractivity contribution < 1.29 is 9.53 Å². The summed E-state index contributed by atoms with van der Waals surface area (Å²) in [4.78, 5) is 15.2. The Hall–Kier alpha value is -2.63. The monoisotopic (exact) mass is 409 g/mol. The van der Waals surface area contributed by atoms with Crippen LogP contribution in [0.5, 0.6) is 0 Å². The quantitative estimate of drug-likeness (QED) is 0.623. The van der Waals surface area contributed by atoms with Gasteiger partial charge in [-0.25, -0.2) is 0 Å². The number of piperidine rings is 1. The van der Waals surface area contributed by atoms with Gasteiger partial charge in [0.2, 0.25) is 0 Å². The third-order valence-electron chi connectivity index (χ3n) is 5.36. The number of hydrogen-bond donors (Lipinski definition) is 0. The van der Waals surface area contributed by atoms with E-state index in [2.05, 4.69) is 12.1 Å². The summed E-state index contributed by atoms with van der Waals surface area (Å²) in [6.07, 6.45) is 3.81. The summed E-state index contributed by atoms with van der Waals surface area (Å²) >= 11 is 6.05. The number of methoxy groups -OCH3 is 1. The molecule has 0 N–H and O–H groups in total. The van der Waals surface area contributed by atoms with Crippen molar-refractivity contribution in [1.82, 2.24) is 14.7 Å². The molecule has 0 saturated carbocycles. The van der Waals surface area contributed by atoms with Crippen molar-refractivity contribution in [1.29, 1.82) is 0 Å². The summed E-state index contributed by atoms with van der Waals surface area (Å²) in [6.45, 7) is 2.00. The lowest BCUT2D eigenvalue weighted by molar-refractivity contribution is 0.0351. The number of likely N-dealkylation sites (tertiary alicyclic amines) is 1. The predicted molar refractivity (Wildman–Crippen MR) is 114 cm³/mol. The molecule has 1 amide bonds. The lowest BCUT2D eigenvalue weighted by Gasteiger charge is -2.31. The highest BCUT2D eigenvalue weighted by Crippen LogP contribution is 2.26. The van der Waals surface area contributed by atoms with E-state index in [0.29, 0.717) is 35.9 Å². The van der Waals surface area contributed by atoms with Gasteiger partial charge in [0.1, 0.15) is 5.69 Å². The molecule has 0 aliphatic carbocycles. The van der Waals surface area contributed by atoms with Crippen LogP contribution in [-0.2, 0) is 11.3 Å². The SMILES string of the molecule is COC1CCN(C(=O)c2cn(Cc3ccccc3)nc2-c2ccc(Cl)cc2)CC1. The maximum absolute atomic E-state index is 13.3. The van der Waals surface area contributed by atoms with Gasteiger partial charge in [0.05, 0.1) is 18.2 Å². The van der Waals surface area contributed by atoms with Crippen LogP contribution in [-0.4, -0.2) is 46.9 Å². The molecule has 0 unspecified atom stereocenters. The maximum Gasteiger partial charge on any atom is 0.257 e. The van der Waals surface area contributed by atoms with Crippen LogP contribution in [0.25, 0.3) is 11.3 Å². The van der Waals surface area contributed by atoms with E-state index in [1.165, 1.54) is 0 Å². The minimum atomic E-state index is 0.0174. The number of aromatic nitrogens is 2. The molecule has 6 heteroatoms. The zero-order chi connectivity index (χ0) is 20.2. The lowest BCUT2D eigenvalue weighted by atomic mass is 10.0. The zero-order valence-electron chi connectivity index (χ0n) is 16.4. The first-order valence-corrected chi connectivity index (χ1v) is 10.2. The molecule has 1 aliphatic heterocycles. The van der Waals surface area contributed by atoms with Crippen LogP contribution in [0, 0.1) is 0 Å². The topological polar surface area (TPSA) is 47.4 Å². The lowest BCUT2D eigenvalue weighted by Crippen LogP contribution is -2.40. The van der Waals surface area contributed by atoms with Crippen molar-refractivity contribution >= 4 is 17.5 Å². The van der Waals surface area contributed by atoms with Gasteiger partial charge < -0.3 is 9.64 Å². The Morgan fingerprint density at radius 3 is 2.45 bits per heavy atom. The first-order chi connectivity index (χ1) is 14.1. The van der Waals surface area contributed by atoms with Gasteiger partial charge >= 0.3 is 0 Å². The third-order valence-corrected chi connectivity index (χ3v) is 5.61. The second-order valence-corrected chi connectivity index (χ2v) is 7.75. The molecular formula is C23H24ClN3O2. The van der Waals surface area contributed by atoms with Gasteiger partial charge in [-0.3, -0.25) is 9.48 Å². The highest BCUT2D eigenvalue weighted by atomic mass is 35.5. The molecular weight excluding hydrogens is 386 g/mol. The average Bonchev–Trinajstić information content (AvgIpc) is 3.18. The van der Waals surface area contributed by atoms with E-state index in [-0.39, 0.29) is 12.0 Å². The van der Waals surface area contributed by atoms with E-state index in [1.807, 2.05) is 58.2 Å². The number of halogens is 1. The Labute approximate surface area is 175 Å². The molecule has 0 radical (unpaired) electrons. The van der Waals surface area contributed by atoms with E-state index < -0.39 is 0 Å². The van der Waals surface area contributed by atoms with Crippen molar-refractivity contribution in [2.45, 2.75) is 25.5 Å². The molecule has 29 heavy (non-hydrogen) atoms. The molecule has 1 aliphatic rings. The fourth-order valence-corrected chi connectivity index (χ4v) is 3.84. The molecule has 1 saturated heterocycles. The van der Waals surface area contributed by atoms with Gasteiger partial charge in [0.15, 0.2) is 0 Å². The van der Waals surface area contributed by atoms with Gasteiger partial charge in [-0.05, 0) is 30.5 Å². The average molecular weight is 410 g/mol. The van der Waals surface area contributed by atoms with Crippen molar-refractivity contribution in [3.63, 3.8) is 0 Å². The zero-order valence-corrected chi connectivity index (χ0v) is 17.2. The molecule has 0 spiro atoms. The Kier molecular flexibility index (Phi) is 5.97. The number of nitrogens with zero attached hydrogens (tertiary/aromatic N) is 3. The number of carbonyl (C=O) groups is 1. The third kappa shape index (κ3) is 4.52. The van der Waals surface area contributed by atoms with E-state index in [1.54, 1.807) is 7.11 Å². The second-order valence-electron chi connectivity index (χ2n) is 7.31. The molecule has 150 valence electrons. The van der Waals surface area contributed by atoms with Crippen LogP contribution in [0.15, 0.2) is 60.8 Å². The van der Waals surface area contributed by atoms with Crippen LogP contribution in [0.1, 0.15) is 28.8 Å². The number of ether oxygens (including phenoxy) is 1. The molecule has 2 aromatic carbocycles. The Bertz CT molecular complexity index is 962. The molecule has 1 aromatic heterocycles. The summed E-state index contributed by atoms with van der Waals surface area (Å²) in [5.74, 6) is 0.0174. The van der Waals surface area contributed by atoms with Crippen LogP contribution in [0.4, 0.5) is 0 Å². The molecule has 4 rings (SSSR count). The van der Waals surface area contributed by atoms with Crippen LogP contribution >= 0.6 is 11.6 Å². The predicted octanol–water partition coefficient (Wildman–Crippen LogP) is 4.50. The Morgan fingerprint density at radius 1 is 1.10 bits per heavy atom. The van der Waals surface area contributed by atoms with Gasteiger partial charge in [-0.2, -0.15) is 5.10 Å². The van der Waals surface area contributed by atoms with Crippen molar-refractivity contribution in [3.05, 3.63) is 76.9 Å². The first-order valence-electron chi connectivity index (χ1n) is 9.83. The summed E-state index contributed by atoms with van der Waals surface area (Å²) < 4.78 is 7.27. The van der Waals surface area contributed by atoms with Crippen molar-refractivity contribution in [3.8, 4) is 11.3 Å². The molecule has 1 fully saturated rings. The minimum absolute atomic E-state index is 0.0174. The van der Waals surface area contributed by atoms with Crippen LogP contribution < -0.4 is 0 Å². The highest BCUT2D eigenvalue weighted by Gasteiger charge is 2.27. The maximum atomic E-state index is 13.3. The molecule has 0 bridgehead atoms. The van der Waals surface area contributed by atoms with Gasteiger partial charge in [-0.15, -0.1) is 0 Å². The van der Waals surface area contributed by atoms with E-state index in [4.69, 9.17) is 21.4 Å². The minimum Gasteiger partial charge on any atom is -0.381 e. The number of hydrogen-bond acceptors (Lipinski definition) is 3. The van der Waals surface area contributed by atoms with Crippen molar-refractivity contribution in [2.24, 2.45) is 0 Å². The van der Waals surface area contributed by atoms with E-state index in [0.717, 1.165) is 24.0 Å². The largest absolute Gasteiger partial charge is 0.381 e. The van der Waals surface area contributed by atoms with Gasteiger partial charge in [-0.1, -0.05) is 54.1 Å². The van der Waals surface area contributed by atoms with E-state index >= 15 is 0 Å². The number of amides is 1. The van der Waals surface area contributed by atoms with Gasteiger partial charge in [0.25, 0.3) is 5.91 Å². The summed E-state index contributed by atoms with van der Waals surface area (Å²) in [6, 6.07) is 17.6. The number of benzene rings is 2. The fraction of sp³-hybridized carbons (Fsp3) is 0.304. The number of rotatable bonds is 5. The molecule has 3 aromatic rings. The summed E-state index contributed by atoms with van der Waals surface area (Å²) in [5.41, 5.74) is 3.34. The standard InChI is InChI=1S/C23H24ClN3O2/c1-29-20-11-13-26(14-12-20)23(28)21-16-27(15-17-5-3-2-4-6-17)25-22(21)18-7-9-19(24)10-8-18/h2-10,16,20H,11-15H2,1H3. The smallest absolute Gasteiger partial charge is 0.257 e. The molecule has 2 heterocycles.